The second-order valence-corrected chi connectivity index (χ2v) is 7.66. The molecule has 0 bridgehead atoms. The number of aromatic hydroxyl groups is 1. The van der Waals surface area contributed by atoms with Crippen molar-refractivity contribution in [2.24, 2.45) is 4.99 Å². The van der Waals surface area contributed by atoms with Crippen molar-refractivity contribution in [3.05, 3.63) is 81.1 Å². The summed E-state index contributed by atoms with van der Waals surface area (Å²) in [5.74, 6) is 0.118. The predicted molar refractivity (Wildman–Crippen MR) is 112 cm³/mol. The van der Waals surface area contributed by atoms with Crippen LogP contribution in [-0.2, 0) is 0 Å². The monoisotopic (exact) mass is 376 g/mol. The van der Waals surface area contributed by atoms with Gasteiger partial charge in [-0.2, -0.15) is 0 Å². The molecule has 0 radical (unpaired) electrons. The van der Waals surface area contributed by atoms with E-state index in [1.165, 1.54) is 11.3 Å². The molecule has 1 aromatic heterocycles. The lowest BCUT2D eigenvalue weighted by atomic mass is 10.1. The maximum Gasteiger partial charge on any atom is 0.216 e. The summed E-state index contributed by atoms with van der Waals surface area (Å²) >= 11 is 6.79. The fourth-order valence-electron chi connectivity index (χ4n) is 2.84. The summed E-state index contributed by atoms with van der Waals surface area (Å²) in [4.78, 5) is 5.24. The van der Waals surface area contributed by atoms with Gasteiger partial charge in [0.15, 0.2) is 3.95 Å². The molecule has 1 heterocycles. The van der Waals surface area contributed by atoms with Crippen LogP contribution in [-0.4, -0.2) is 15.9 Å². The van der Waals surface area contributed by atoms with E-state index in [0.717, 1.165) is 27.7 Å². The number of nitrogens with zero attached hydrogens (tertiary/aromatic N) is 2. The summed E-state index contributed by atoms with van der Waals surface area (Å²) in [6.45, 7) is 2.03. The van der Waals surface area contributed by atoms with Crippen molar-refractivity contribution in [2.75, 3.05) is 0 Å². The lowest BCUT2D eigenvalue weighted by molar-refractivity contribution is 0.441. The minimum absolute atomic E-state index is 0.118. The molecule has 0 saturated carbocycles. The van der Waals surface area contributed by atoms with Gasteiger partial charge in [-0.15, -0.1) is 0 Å². The first-order valence-corrected chi connectivity index (χ1v) is 9.39. The number of rotatable bonds is 3. The standard InChI is InChI=1S/C21H16N2OS2/c1-14-9-11-16(12-10-14)23-20(24)19(26-21(23)25)13-22-18-8-4-6-15-5-2-3-7-17(15)18/h2-13,24H,1H3. The van der Waals surface area contributed by atoms with Gasteiger partial charge in [0, 0.05) is 5.39 Å². The number of aliphatic imine (C=N–C) groups is 1. The van der Waals surface area contributed by atoms with Crippen LogP contribution in [0.5, 0.6) is 5.88 Å². The molecule has 5 heteroatoms. The third-order valence-corrected chi connectivity index (χ3v) is 5.49. The summed E-state index contributed by atoms with van der Waals surface area (Å²) < 4.78 is 2.26. The lowest BCUT2D eigenvalue weighted by Crippen LogP contribution is -1.93. The molecule has 3 nitrogen and oxygen atoms in total. The molecular weight excluding hydrogens is 360 g/mol. The van der Waals surface area contributed by atoms with E-state index >= 15 is 0 Å². The maximum atomic E-state index is 10.6. The van der Waals surface area contributed by atoms with E-state index in [0.29, 0.717) is 8.83 Å². The molecule has 0 aliphatic rings. The average molecular weight is 377 g/mol. The van der Waals surface area contributed by atoms with Crippen LogP contribution in [0.15, 0.2) is 71.7 Å². The smallest absolute Gasteiger partial charge is 0.216 e. The maximum absolute atomic E-state index is 10.6. The predicted octanol–water partition coefficient (Wildman–Crippen LogP) is 6.19. The summed E-state index contributed by atoms with van der Waals surface area (Å²) in [6.07, 6.45) is 1.68. The Morgan fingerprint density at radius 2 is 1.73 bits per heavy atom. The second kappa shape index (κ2) is 6.86. The van der Waals surface area contributed by atoms with E-state index in [1.807, 2.05) is 61.5 Å². The Kier molecular flexibility index (Phi) is 4.41. The molecule has 26 heavy (non-hydrogen) atoms. The molecule has 0 fully saturated rings. The Balaban J connectivity index is 1.75. The summed E-state index contributed by atoms with van der Waals surface area (Å²) in [6, 6.07) is 22.0. The van der Waals surface area contributed by atoms with Gasteiger partial charge in [0.05, 0.1) is 17.6 Å². The van der Waals surface area contributed by atoms with Crippen LogP contribution < -0.4 is 0 Å². The Bertz CT molecular complexity index is 1170. The number of aromatic nitrogens is 1. The zero-order valence-electron chi connectivity index (χ0n) is 14.1. The molecule has 0 saturated heterocycles. The Morgan fingerprint density at radius 3 is 2.54 bits per heavy atom. The van der Waals surface area contributed by atoms with Crippen molar-refractivity contribution >= 4 is 46.2 Å². The van der Waals surface area contributed by atoms with Gasteiger partial charge < -0.3 is 5.11 Å². The van der Waals surface area contributed by atoms with E-state index in [-0.39, 0.29) is 5.88 Å². The highest BCUT2D eigenvalue weighted by atomic mass is 32.1. The normalized spacial score (nSPS) is 11.4. The number of hydrogen-bond acceptors (Lipinski definition) is 4. The molecule has 0 aliphatic heterocycles. The van der Waals surface area contributed by atoms with Gasteiger partial charge in [0.25, 0.3) is 0 Å². The van der Waals surface area contributed by atoms with Crippen LogP contribution >= 0.6 is 23.6 Å². The van der Waals surface area contributed by atoms with Crippen LogP contribution in [0.25, 0.3) is 16.5 Å². The van der Waals surface area contributed by atoms with Crippen molar-refractivity contribution in [3.63, 3.8) is 0 Å². The molecule has 4 rings (SSSR count). The number of benzene rings is 3. The van der Waals surface area contributed by atoms with Crippen LogP contribution in [0.3, 0.4) is 0 Å². The number of fused-ring (bicyclic) bond motifs is 1. The van der Waals surface area contributed by atoms with E-state index in [4.69, 9.17) is 12.2 Å². The van der Waals surface area contributed by atoms with Gasteiger partial charge in [-0.25, -0.2) is 0 Å². The average Bonchev–Trinajstić information content (AvgIpc) is 2.94. The molecule has 0 atom stereocenters. The van der Waals surface area contributed by atoms with Crippen LogP contribution in [0.4, 0.5) is 5.69 Å². The number of aryl methyl sites for hydroxylation is 1. The second-order valence-electron chi connectivity index (χ2n) is 5.98. The van der Waals surface area contributed by atoms with Crippen LogP contribution in [0, 0.1) is 10.9 Å². The Labute approximate surface area is 160 Å². The highest BCUT2D eigenvalue weighted by Crippen LogP contribution is 2.30. The third-order valence-electron chi connectivity index (χ3n) is 4.19. The molecular formula is C21H16N2OS2. The van der Waals surface area contributed by atoms with Gasteiger partial charge in [-0.05, 0) is 42.7 Å². The van der Waals surface area contributed by atoms with Crippen LogP contribution in [0.1, 0.15) is 10.4 Å². The quantitative estimate of drug-likeness (QED) is 0.342. The zero-order valence-corrected chi connectivity index (χ0v) is 15.7. The van der Waals surface area contributed by atoms with Gasteiger partial charge in [-0.3, -0.25) is 9.56 Å². The minimum atomic E-state index is 0.118. The first-order chi connectivity index (χ1) is 12.6. The van der Waals surface area contributed by atoms with Crippen molar-refractivity contribution in [3.8, 4) is 11.6 Å². The Hall–Kier alpha value is -2.76. The van der Waals surface area contributed by atoms with Gasteiger partial charge >= 0.3 is 0 Å². The molecule has 0 unspecified atom stereocenters. The van der Waals surface area contributed by atoms with Crippen molar-refractivity contribution in [1.29, 1.82) is 0 Å². The van der Waals surface area contributed by atoms with Crippen molar-refractivity contribution in [1.82, 2.24) is 4.57 Å². The van der Waals surface area contributed by atoms with Gasteiger partial charge in [0.2, 0.25) is 5.88 Å². The van der Waals surface area contributed by atoms with Gasteiger partial charge in [0.1, 0.15) is 4.88 Å². The van der Waals surface area contributed by atoms with Crippen molar-refractivity contribution < 1.29 is 5.11 Å². The molecule has 1 N–H and O–H groups in total. The molecule has 0 amide bonds. The van der Waals surface area contributed by atoms with E-state index in [9.17, 15) is 5.11 Å². The summed E-state index contributed by atoms with van der Waals surface area (Å²) in [5.41, 5.74) is 2.87. The number of thiazole rings is 1. The van der Waals surface area contributed by atoms with E-state index in [1.54, 1.807) is 10.8 Å². The third kappa shape index (κ3) is 3.07. The van der Waals surface area contributed by atoms with E-state index < -0.39 is 0 Å². The first kappa shape index (κ1) is 16.7. The molecule has 128 valence electrons. The first-order valence-electron chi connectivity index (χ1n) is 8.17. The lowest BCUT2D eigenvalue weighted by Gasteiger charge is -2.05. The SMILES string of the molecule is Cc1ccc(-n2c(O)c(C=Nc3cccc4ccccc34)sc2=S)cc1. The highest BCUT2D eigenvalue weighted by molar-refractivity contribution is 7.73. The Morgan fingerprint density at radius 1 is 1.00 bits per heavy atom. The summed E-state index contributed by atoms with van der Waals surface area (Å²) in [5, 5.41) is 12.9. The molecule has 0 aliphatic carbocycles. The molecule has 0 spiro atoms. The topological polar surface area (TPSA) is 37.5 Å². The molecule has 4 aromatic rings. The minimum Gasteiger partial charge on any atom is -0.493 e. The zero-order chi connectivity index (χ0) is 18.1. The van der Waals surface area contributed by atoms with Crippen LogP contribution in [0.2, 0.25) is 0 Å². The molecule has 3 aromatic carbocycles. The fourth-order valence-corrected chi connectivity index (χ4v) is 4.06. The fraction of sp³-hybridized carbons (Fsp3) is 0.0476. The van der Waals surface area contributed by atoms with Gasteiger partial charge in [-0.1, -0.05) is 65.4 Å². The summed E-state index contributed by atoms with van der Waals surface area (Å²) in [7, 11) is 0. The highest BCUT2D eigenvalue weighted by Gasteiger charge is 2.12. The number of hydrogen-bond donors (Lipinski definition) is 1. The van der Waals surface area contributed by atoms with Crippen molar-refractivity contribution in [2.45, 2.75) is 6.92 Å². The van der Waals surface area contributed by atoms with E-state index in [2.05, 4.69) is 17.1 Å². The largest absolute Gasteiger partial charge is 0.493 e.